The minimum absolute atomic E-state index is 0.0243. The number of amides is 1. The summed E-state index contributed by atoms with van der Waals surface area (Å²) in [7, 11) is 1.76. The standard InChI is InChI=1S/C18H21NO3S/c1-3-22-15-8-6-14(7-9-15)13-19(2)18(21)11-10-16(20)17-5-4-12-23-17/h4-9,12H,3,10-11,13H2,1-2H3. The molecule has 0 unspecified atom stereocenters. The van der Waals surface area contributed by atoms with Gasteiger partial charge in [0.15, 0.2) is 5.78 Å². The van der Waals surface area contributed by atoms with E-state index in [9.17, 15) is 9.59 Å². The quantitative estimate of drug-likeness (QED) is 0.692. The lowest BCUT2D eigenvalue weighted by molar-refractivity contribution is -0.130. The van der Waals surface area contributed by atoms with Crippen molar-refractivity contribution < 1.29 is 14.3 Å². The first-order valence-electron chi connectivity index (χ1n) is 7.62. The Hall–Kier alpha value is -2.14. The Morgan fingerprint density at radius 3 is 2.48 bits per heavy atom. The topological polar surface area (TPSA) is 46.6 Å². The first kappa shape index (κ1) is 17.2. The Morgan fingerprint density at radius 1 is 1.13 bits per heavy atom. The largest absolute Gasteiger partial charge is 0.494 e. The summed E-state index contributed by atoms with van der Waals surface area (Å²) in [6.07, 6.45) is 0.497. The van der Waals surface area contributed by atoms with Crippen LogP contribution in [0.25, 0.3) is 0 Å². The molecule has 0 radical (unpaired) electrons. The highest BCUT2D eigenvalue weighted by atomic mass is 32.1. The zero-order valence-electron chi connectivity index (χ0n) is 13.5. The third-order valence-corrected chi connectivity index (χ3v) is 4.35. The van der Waals surface area contributed by atoms with Crippen LogP contribution in [0.5, 0.6) is 5.75 Å². The monoisotopic (exact) mass is 331 g/mol. The molecular formula is C18H21NO3S. The first-order valence-corrected chi connectivity index (χ1v) is 8.50. The summed E-state index contributed by atoms with van der Waals surface area (Å²) < 4.78 is 5.40. The Bertz CT molecular complexity index is 635. The second-order valence-corrected chi connectivity index (χ2v) is 6.17. The summed E-state index contributed by atoms with van der Waals surface area (Å²) in [6.45, 7) is 3.10. The molecule has 4 nitrogen and oxygen atoms in total. The van der Waals surface area contributed by atoms with E-state index < -0.39 is 0 Å². The predicted octanol–water partition coefficient (Wildman–Crippen LogP) is 3.77. The van der Waals surface area contributed by atoms with Crippen molar-refractivity contribution in [1.29, 1.82) is 0 Å². The van der Waals surface area contributed by atoms with Gasteiger partial charge >= 0.3 is 0 Å². The lowest BCUT2D eigenvalue weighted by Crippen LogP contribution is -2.26. The number of hydrogen-bond acceptors (Lipinski definition) is 4. The van der Waals surface area contributed by atoms with E-state index in [1.165, 1.54) is 11.3 Å². The number of hydrogen-bond donors (Lipinski definition) is 0. The van der Waals surface area contributed by atoms with Crippen LogP contribution in [-0.4, -0.2) is 30.2 Å². The van der Waals surface area contributed by atoms with Gasteiger partial charge in [-0.3, -0.25) is 9.59 Å². The van der Waals surface area contributed by atoms with E-state index in [0.717, 1.165) is 11.3 Å². The molecule has 1 heterocycles. The van der Waals surface area contributed by atoms with E-state index in [4.69, 9.17) is 4.74 Å². The number of nitrogens with zero attached hydrogens (tertiary/aromatic N) is 1. The molecule has 23 heavy (non-hydrogen) atoms. The van der Waals surface area contributed by atoms with Crippen LogP contribution in [0.2, 0.25) is 0 Å². The van der Waals surface area contributed by atoms with Crippen LogP contribution in [0.15, 0.2) is 41.8 Å². The fraction of sp³-hybridized carbons (Fsp3) is 0.333. The highest BCUT2D eigenvalue weighted by Gasteiger charge is 2.13. The van der Waals surface area contributed by atoms with Gasteiger partial charge in [0.2, 0.25) is 5.91 Å². The molecule has 0 bridgehead atoms. The van der Waals surface area contributed by atoms with Crippen LogP contribution in [0.3, 0.4) is 0 Å². The first-order chi connectivity index (χ1) is 11.1. The second-order valence-electron chi connectivity index (χ2n) is 5.23. The molecule has 5 heteroatoms. The summed E-state index contributed by atoms with van der Waals surface area (Å²) >= 11 is 1.41. The van der Waals surface area contributed by atoms with Crippen LogP contribution in [0.4, 0.5) is 0 Å². The van der Waals surface area contributed by atoms with Crippen LogP contribution in [0, 0.1) is 0 Å². The summed E-state index contributed by atoms with van der Waals surface area (Å²) in [5.74, 6) is 0.832. The summed E-state index contributed by atoms with van der Waals surface area (Å²) in [5.41, 5.74) is 1.04. The highest BCUT2D eigenvalue weighted by molar-refractivity contribution is 7.12. The van der Waals surface area contributed by atoms with Crippen molar-refractivity contribution in [3.63, 3.8) is 0 Å². The molecule has 0 spiro atoms. The third-order valence-electron chi connectivity index (χ3n) is 3.44. The van der Waals surface area contributed by atoms with Crippen LogP contribution >= 0.6 is 11.3 Å². The van der Waals surface area contributed by atoms with Gasteiger partial charge in [-0.25, -0.2) is 0 Å². The molecule has 0 atom stereocenters. The molecule has 0 fully saturated rings. The van der Waals surface area contributed by atoms with Crippen LogP contribution < -0.4 is 4.74 Å². The van der Waals surface area contributed by atoms with Gasteiger partial charge in [0, 0.05) is 26.4 Å². The summed E-state index contributed by atoms with van der Waals surface area (Å²) in [4.78, 5) is 26.4. The van der Waals surface area contributed by atoms with Gasteiger partial charge in [0.05, 0.1) is 11.5 Å². The van der Waals surface area contributed by atoms with E-state index in [0.29, 0.717) is 18.0 Å². The zero-order chi connectivity index (χ0) is 16.7. The number of rotatable bonds is 8. The maximum Gasteiger partial charge on any atom is 0.223 e. The van der Waals surface area contributed by atoms with Crippen molar-refractivity contribution in [3.8, 4) is 5.75 Å². The number of carbonyl (C=O) groups excluding carboxylic acids is 2. The van der Waals surface area contributed by atoms with Gasteiger partial charge < -0.3 is 9.64 Å². The lowest BCUT2D eigenvalue weighted by atomic mass is 10.1. The Morgan fingerprint density at radius 2 is 1.87 bits per heavy atom. The number of thiophene rings is 1. The van der Waals surface area contributed by atoms with Crippen molar-refractivity contribution in [3.05, 3.63) is 52.2 Å². The Balaban J connectivity index is 1.81. The van der Waals surface area contributed by atoms with Gasteiger partial charge in [-0.2, -0.15) is 0 Å². The molecule has 1 amide bonds. The smallest absolute Gasteiger partial charge is 0.223 e. The molecule has 122 valence electrons. The number of ether oxygens (including phenoxy) is 1. The minimum atomic E-state index is -0.0243. The predicted molar refractivity (Wildman–Crippen MR) is 92.0 cm³/mol. The average Bonchev–Trinajstić information content (AvgIpc) is 3.09. The van der Waals surface area contributed by atoms with Gasteiger partial charge in [-0.15, -0.1) is 11.3 Å². The average molecular weight is 331 g/mol. The van der Waals surface area contributed by atoms with Crippen LogP contribution in [0.1, 0.15) is 35.0 Å². The molecule has 0 aliphatic heterocycles. The second kappa shape index (κ2) is 8.48. The zero-order valence-corrected chi connectivity index (χ0v) is 14.3. The number of benzene rings is 1. The molecule has 2 rings (SSSR count). The normalized spacial score (nSPS) is 10.3. The molecule has 0 N–H and O–H groups in total. The van der Waals surface area contributed by atoms with Gasteiger partial charge in [-0.1, -0.05) is 18.2 Å². The van der Waals surface area contributed by atoms with Crippen molar-refractivity contribution in [2.45, 2.75) is 26.3 Å². The number of Topliss-reactive ketones (excluding diaryl/α,β-unsaturated/α-hetero) is 1. The summed E-state index contributed by atoms with van der Waals surface area (Å²) in [5, 5.41) is 1.87. The Kier molecular flexibility index (Phi) is 6.35. The van der Waals surface area contributed by atoms with Gasteiger partial charge in [-0.05, 0) is 36.1 Å². The van der Waals surface area contributed by atoms with E-state index in [-0.39, 0.29) is 24.5 Å². The summed E-state index contributed by atoms with van der Waals surface area (Å²) in [6, 6.07) is 11.3. The van der Waals surface area contributed by atoms with Gasteiger partial charge in [0.1, 0.15) is 5.75 Å². The lowest BCUT2D eigenvalue weighted by Gasteiger charge is -2.17. The number of carbonyl (C=O) groups is 2. The number of ketones is 1. The molecule has 1 aromatic carbocycles. The molecular weight excluding hydrogens is 310 g/mol. The van der Waals surface area contributed by atoms with E-state index in [2.05, 4.69) is 0 Å². The third kappa shape index (κ3) is 5.21. The van der Waals surface area contributed by atoms with E-state index in [1.807, 2.05) is 42.6 Å². The highest BCUT2D eigenvalue weighted by Crippen LogP contribution is 2.15. The molecule has 0 saturated carbocycles. The van der Waals surface area contributed by atoms with Crippen molar-refractivity contribution in [2.75, 3.05) is 13.7 Å². The SMILES string of the molecule is CCOc1ccc(CN(C)C(=O)CCC(=O)c2cccs2)cc1. The van der Waals surface area contributed by atoms with E-state index >= 15 is 0 Å². The van der Waals surface area contributed by atoms with Crippen molar-refractivity contribution >= 4 is 23.0 Å². The van der Waals surface area contributed by atoms with Gasteiger partial charge in [0.25, 0.3) is 0 Å². The fourth-order valence-electron chi connectivity index (χ4n) is 2.19. The van der Waals surface area contributed by atoms with Crippen LogP contribution in [-0.2, 0) is 11.3 Å². The molecule has 1 aromatic heterocycles. The molecule has 0 aliphatic rings. The van der Waals surface area contributed by atoms with E-state index in [1.54, 1.807) is 18.0 Å². The molecule has 0 saturated heterocycles. The minimum Gasteiger partial charge on any atom is -0.494 e. The maximum absolute atomic E-state index is 12.1. The molecule has 0 aliphatic carbocycles. The fourth-order valence-corrected chi connectivity index (χ4v) is 2.89. The van der Waals surface area contributed by atoms with Crippen molar-refractivity contribution in [2.24, 2.45) is 0 Å². The van der Waals surface area contributed by atoms with Crippen molar-refractivity contribution in [1.82, 2.24) is 4.90 Å². The Labute approximate surface area is 140 Å². The maximum atomic E-state index is 12.1. The molecule has 2 aromatic rings.